The van der Waals surface area contributed by atoms with Gasteiger partial charge in [0.25, 0.3) is 10.0 Å². The maximum absolute atomic E-state index is 13.3. The van der Waals surface area contributed by atoms with Crippen molar-refractivity contribution in [2.24, 2.45) is 0 Å². The molecule has 0 radical (unpaired) electrons. The fourth-order valence-electron chi connectivity index (χ4n) is 4.16. The number of hydrogen-bond acceptors (Lipinski definition) is 9. The van der Waals surface area contributed by atoms with E-state index in [9.17, 15) is 13.2 Å². The van der Waals surface area contributed by atoms with E-state index in [1.807, 2.05) is 0 Å². The standard InChI is InChI=1S/C21H31N7O3S2/c1-14-19(26-33(30,31)18-13-32-12-17(18)23-15(2)29)20(24-16-6-4-5-7-16)25-21(22-14)28-10-8-27(3)9-11-28/h12-13,16,26H,4-11H2,1-3H3,(H,23,29)(H,22,24,25). The minimum absolute atomic E-state index is 0.0251. The first-order chi connectivity index (χ1) is 15.7. The Morgan fingerprint density at radius 1 is 1.12 bits per heavy atom. The van der Waals surface area contributed by atoms with Crippen molar-refractivity contribution in [1.29, 1.82) is 0 Å². The summed E-state index contributed by atoms with van der Waals surface area (Å²) in [5.74, 6) is 0.784. The van der Waals surface area contributed by atoms with Gasteiger partial charge in [0, 0.05) is 49.9 Å². The lowest BCUT2D eigenvalue weighted by Gasteiger charge is -2.33. The Morgan fingerprint density at radius 2 is 1.82 bits per heavy atom. The maximum atomic E-state index is 13.3. The lowest BCUT2D eigenvalue weighted by atomic mass is 10.2. The lowest BCUT2D eigenvalue weighted by molar-refractivity contribution is -0.114. The molecule has 2 aromatic heterocycles. The Morgan fingerprint density at radius 3 is 2.48 bits per heavy atom. The number of amides is 1. The Bertz CT molecular complexity index is 1110. The molecule has 0 bridgehead atoms. The van der Waals surface area contributed by atoms with Gasteiger partial charge in [0.1, 0.15) is 10.6 Å². The number of likely N-dealkylation sites (N-methyl/N-ethyl adjacent to an activating group) is 1. The van der Waals surface area contributed by atoms with Crippen molar-refractivity contribution < 1.29 is 13.2 Å². The van der Waals surface area contributed by atoms with Gasteiger partial charge < -0.3 is 20.4 Å². The minimum atomic E-state index is -3.96. The molecule has 0 aromatic carbocycles. The highest BCUT2D eigenvalue weighted by molar-refractivity contribution is 7.93. The fourth-order valence-corrected chi connectivity index (χ4v) is 6.57. The second-order valence-electron chi connectivity index (χ2n) is 8.69. The number of rotatable bonds is 7. The molecular weight excluding hydrogens is 462 g/mol. The Hall–Kier alpha value is -2.44. The van der Waals surface area contributed by atoms with E-state index in [0.29, 0.717) is 23.1 Å². The highest BCUT2D eigenvalue weighted by Gasteiger charge is 2.27. The highest BCUT2D eigenvalue weighted by atomic mass is 32.2. The zero-order chi connectivity index (χ0) is 23.6. The van der Waals surface area contributed by atoms with Crippen molar-refractivity contribution in [1.82, 2.24) is 14.9 Å². The van der Waals surface area contributed by atoms with E-state index in [0.717, 1.165) is 51.9 Å². The second-order valence-corrected chi connectivity index (χ2v) is 11.1. The summed E-state index contributed by atoms with van der Waals surface area (Å²) in [6.07, 6.45) is 4.33. The smallest absolute Gasteiger partial charge is 0.264 e. The molecule has 1 aliphatic heterocycles. The summed E-state index contributed by atoms with van der Waals surface area (Å²) in [6.45, 7) is 6.62. The Labute approximate surface area is 198 Å². The molecule has 10 nitrogen and oxygen atoms in total. The van der Waals surface area contributed by atoms with Crippen molar-refractivity contribution in [2.45, 2.75) is 50.5 Å². The molecule has 2 fully saturated rings. The SMILES string of the molecule is CC(=O)Nc1cscc1S(=O)(=O)Nc1c(C)nc(N2CCN(C)CC2)nc1NC1CCCC1. The third-order valence-corrected chi connectivity index (χ3v) is 8.31. The first-order valence-electron chi connectivity index (χ1n) is 11.2. The number of carbonyl (C=O) groups excluding carboxylic acids is 1. The van der Waals surface area contributed by atoms with Crippen LogP contribution in [-0.2, 0) is 14.8 Å². The maximum Gasteiger partial charge on any atom is 0.264 e. The van der Waals surface area contributed by atoms with Crippen LogP contribution in [0, 0.1) is 6.92 Å². The van der Waals surface area contributed by atoms with Crippen LogP contribution in [0.1, 0.15) is 38.3 Å². The van der Waals surface area contributed by atoms with Crippen LogP contribution in [0.15, 0.2) is 15.7 Å². The molecule has 0 spiro atoms. The van der Waals surface area contributed by atoms with Crippen molar-refractivity contribution in [3.8, 4) is 0 Å². The Balaban J connectivity index is 1.67. The summed E-state index contributed by atoms with van der Waals surface area (Å²) in [5.41, 5.74) is 1.16. The molecule has 3 N–H and O–H groups in total. The van der Waals surface area contributed by atoms with E-state index in [1.54, 1.807) is 12.3 Å². The van der Waals surface area contributed by atoms with Crippen molar-refractivity contribution >= 4 is 50.4 Å². The second kappa shape index (κ2) is 9.82. The quantitative estimate of drug-likeness (QED) is 0.539. The fraction of sp³-hybridized carbons (Fsp3) is 0.571. The monoisotopic (exact) mass is 493 g/mol. The molecule has 1 aliphatic carbocycles. The number of carbonyl (C=O) groups is 1. The van der Waals surface area contributed by atoms with Crippen LogP contribution >= 0.6 is 11.3 Å². The van der Waals surface area contributed by atoms with Gasteiger partial charge in [-0.15, -0.1) is 11.3 Å². The number of aryl methyl sites for hydroxylation is 1. The van der Waals surface area contributed by atoms with E-state index in [-0.39, 0.29) is 22.5 Å². The molecule has 12 heteroatoms. The molecule has 1 saturated heterocycles. The third kappa shape index (κ3) is 5.56. The predicted molar refractivity (Wildman–Crippen MR) is 132 cm³/mol. The molecule has 2 aliphatic rings. The first kappa shape index (κ1) is 23.7. The minimum Gasteiger partial charge on any atom is -0.365 e. The first-order valence-corrected chi connectivity index (χ1v) is 13.6. The van der Waals surface area contributed by atoms with Gasteiger partial charge in [0.05, 0.1) is 11.4 Å². The van der Waals surface area contributed by atoms with E-state index in [4.69, 9.17) is 4.98 Å². The van der Waals surface area contributed by atoms with E-state index < -0.39 is 10.0 Å². The van der Waals surface area contributed by atoms with Crippen molar-refractivity contribution in [3.05, 3.63) is 16.5 Å². The number of sulfonamides is 1. The summed E-state index contributed by atoms with van der Waals surface area (Å²) in [4.78, 5) is 25.4. The lowest BCUT2D eigenvalue weighted by Crippen LogP contribution is -2.45. The average molecular weight is 494 g/mol. The average Bonchev–Trinajstić information content (AvgIpc) is 3.43. The zero-order valence-electron chi connectivity index (χ0n) is 19.2. The van der Waals surface area contributed by atoms with Gasteiger partial charge in [0.15, 0.2) is 5.82 Å². The summed E-state index contributed by atoms with van der Waals surface area (Å²) in [7, 11) is -1.87. The third-order valence-electron chi connectivity index (χ3n) is 6.02. The summed E-state index contributed by atoms with van der Waals surface area (Å²) >= 11 is 1.21. The van der Waals surface area contributed by atoms with Crippen LogP contribution in [0.25, 0.3) is 0 Å². The zero-order valence-corrected chi connectivity index (χ0v) is 20.9. The van der Waals surface area contributed by atoms with Gasteiger partial charge in [-0.25, -0.2) is 13.4 Å². The van der Waals surface area contributed by atoms with Crippen LogP contribution in [0.3, 0.4) is 0 Å². The van der Waals surface area contributed by atoms with Gasteiger partial charge >= 0.3 is 0 Å². The largest absolute Gasteiger partial charge is 0.365 e. The number of nitrogens with one attached hydrogen (secondary N) is 3. The Kier molecular flexibility index (Phi) is 7.05. The summed E-state index contributed by atoms with van der Waals surface area (Å²) in [5, 5.41) is 9.17. The molecule has 3 heterocycles. The molecular formula is C21H31N7O3S2. The van der Waals surface area contributed by atoms with Gasteiger partial charge in [-0.1, -0.05) is 12.8 Å². The van der Waals surface area contributed by atoms with Gasteiger partial charge in [-0.3, -0.25) is 9.52 Å². The van der Waals surface area contributed by atoms with Crippen LogP contribution in [0.4, 0.5) is 23.1 Å². The van der Waals surface area contributed by atoms with Crippen molar-refractivity contribution in [2.75, 3.05) is 53.5 Å². The van der Waals surface area contributed by atoms with Gasteiger partial charge in [-0.05, 0) is 26.8 Å². The van der Waals surface area contributed by atoms with E-state index in [2.05, 4.69) is 37.2 Å². The molecule has 0 unspecified atom stereocenters. The molecule has 0 atom stereocenters. The molecule has 2 aromatic rings. The van der Waals surface area contributed by atoms with Crippen LogP contribution < -0.4 is 20.3 Å². The molecule has 4 rings (SSSR count). The number of hydrogen-bond donors (Lipinski definition) is 3. The number of thiophene rings is 1. The van der Waals surface area contributed by atoms with Gasteiger partial charge in [-0.2, -0.15) is 4.98 Å². The summed E-state index contributed by atoms with van der Waals surface area (Å²) < 4.78 is 29.2. The topological polar surface area (TPSA) is 120 Å². The number of piperazine rings is 1. The predicted octanol–water partition coefficient (Wildman–Crippen LogP) is 2.71. The molecule has 33 heavy (non-hydrogen) atoms. The molecule has 1 saturated carbocycles. The normalized spacial score (nSPS) is 17.8. The van der Waals surface area contributed by atoms with Crippen LogP contribution in [0.2, 0.25) is 0 Å². The van der Waals surface area contributed by atoms with E-state index >= 15 is 0 Å². The highest BCUT2D eigenvalue weighted by Crippen LogP contribution is 2.33. The van der Waals surface area contributed by atoms with Crippen LogP contribution in [0.5, 0.6) is 0 Å². The van der Waals surface area contributed by atoms with Crippen molar-refractivity contribution in [3.63, 3.8) is 0 Å². The van der Waals surface area contributed by atoms with Crippen LogP contribution in [-0.4, -0.2) is 68.5 Å². The molecule has 1 amide bonds. The van der Waals surface area contributed by atoms with E-state index in [1.165, 1.54) is 23.6 Å². The molecule has 180 valence electrons. The number of aromatic nitrogens is 2. The summed E-state index contributed by atoms with van der Waals surface area (Å²) in [6, 6.07) is 0.249. The number of nitrogens with zero attached hydrogens (tertiary/aromatic N) is 4. The van der Waals surface area contributed by atoms with Gasteiger partial charge in [0.2, 0.25) is 11.9 Å². The number of anilines is 4.